The molecule has 0 spiro atoms. The minimum atomic E-state index is 0.262. The van der Waals surface area contributed by atoms with Crippen molar-refractivity contribution in [3.8, 4) is 0 Å². The summed E-state index contributed by atoms with van der Waals surface area (Å²) in [6.45, 7) is 0.674. The van der Waals surface area contributed by atoms with Gasteiger partial charge in [-0.25, -0.2) is 0 Å². The van der Waals surface area contributed by atoms with Gasteiger partial charge in [0.2, 0.25) is 5.91 Å². The van der Waals surface area contributed by atoms with Gasteiger partial charge in [-0.3, -0.25) is 4.79 Å². The number of hydrogen-bond acceptors (Lipinski definition) is 1. The zero-order valence-electron chi connectivity index (χ0n) is 8.97. The number of carbonyl (C=O) groups is 1. The van der Waals surface area contributed by atoms with E-state index in [9.17, 15) is 4.79 Å². The Morgan fingerprint density at radius 2 is 2.00 bits per heavy atom. The van der Waals surface area contributed by atoms with Crippen LogP contribution in [0.2, 0.25) is 0 Å². The molecule has 0 unspecified atom stereocenters. The summed E-state index contributed by atoms with van der Waals surface area (Å²) in [7, 11) is 1.84. The monoisotopic (exact) mass is 217 g/mol. The van der Waals surface area contributed by atoms with Gasteiger partial charge in [-0.05, 0) is 18.8 Å². The highest BCUT2D eigenvalue weighted by molar-refractivity contribution is 6.18. The molecule has 82 valence electrons. The quantitative estimate of drug-likeness (QED) is 0.663. The Bertz CT molecular complexity index is 178. The van der Waals surface area contributed by atoms with Crippen LogP contribution in [0.3, 0.4) is 0 Å². The van der Waals surface area contributed by atoms with E-state index in [1.54, 1.807) is 4.90 Å². The lowest BCUT2D eigenvalue weighted by Crippen LogP contribution is -2.30. The van der Waals surface area contributed by atoms with E-state index in [2.05, 4.69) is 0 Å². The van der Waals surface area contributed by atoms with E-state index in [1.165, 1.54) is 32.1 Å². The second-order valence-electron chi connectivity index (χ2n) is 4.21. The van der Waals surface area contributed by atoms with E-state index in [4.69, 9.17) is 11.6 Å². The lowest BCUT2D eigenvalue weighted by molar-refractivity contribution is -0.130. The maximum absolute atomic E-state index is 11.7. The van der Waals surface area contributed by atoms with E-state index in [1.807, 2.05) is 7.05 Å². The number of hydrogen-bond donors (Lipinski definition) is 0. The van der Waals surface area contributed by atoms with Crippen LogP contribution < -0.4 is 0 Å². The second-order valence-corrected chi connectivity index (χ2v) is 4.59. The molecule has 0 heterocycles. The Morgan fingerprint density at radius 1 is 1.36 bits per heavy atom. The third-order valence-corrected chi connectivity index (χ3v) is 3.20. The molecule has 0 saturated heterocycles. The predicted octanol–water partition coefficient (Wildman–Crippen LogP) is 2.65. The molecule has 1 aliphatic rings. The molecule has 0 atom stereocenters. The van der Waals surface area contributed by atoms with Crippen molar-refractivity contribution in [3.05, 3.63) is 0 Å². The summed E-state index contributed by atoms with van der Waals surface area (Å²) in [5, 5.41) is 0. The lowest BCUT2D eigenvalue weighted by atomic mass is 9.87. The fourth-order valence-corrected chi connectivity index (χ4v) is 2.30. The molecule has 1 aliphatic carbocycles. The molecule has 0 bridgehead atoms. The fraction of sp³-hybridized carbons (Fsp3) is 0.909. The van der Waals surface area contributed by atoms with Crippen LogP contribution in [0.25, 0.3) is 0 Å². The van der Waals surface area contributed by atoms with Crippen molar-refractivity contribution in [2.24, 2.45) is 5.92 Å². The Hall–Kier alpha value is -0.240. The van der Waals surface area contributed by atoms with E-state index in [-0.39, 0.29) is 5.91 Å². The molecule has 1 fully saturated rings. The summed E-state index contributed by atoms with van der Waals surface area (Å²) in [6, 6.07) is 0. The molecule has 0 N–H and O–H groups in total. The Balaban J connectivity index is 2.24. The zero-order chi connectivity index (χ0) is 10.4. The SMILES string of the molecule is CN(CCCl)C(=O)CC1CCCCC1. The van der Waals surface area contributed by atoms with Gasteiger partial charge in [0.1, 0.15) is 0 Å². The minimum absolute atomic E-state index is 0.262. The van der Waals surface area contributed by atoms with Crippen LogP contribution in [0.1, 0.15) is 38.5 Å². The summed E-state index contributed by atoms with van der Waals surface area (Å²) in [6.07, 6.45) is 7.16. The molecule has 0 aromatic carbocycles. The number of nitrogens with zero attached hydrogens (tertiary/aromatic N) is 1. The van der Waals surface area contributed by atoms with Crippen molar-refractivity contribution in [1.82, 2.24) is 4.90 Å². The smallest absolute Gasteiger partial charge is 0.222 e. The van der Waals surface area contributed by atoms with E-state index in [0.29, 0.717) is 18.3 Å². The van der Waals surface area contributed by atoms with Crippen molar-refractivity contribution >= 4 is 17.5 Å². The highest BCUT2D eigenvalue weighted by Crippen LogP contribution is 2.26. The topological polar surface area (TPSA) is 20.3 Å². The summed E-state index contributed by atoms with van der Waals surface area (Å²) < 4.78 is 0. The Kier molecular flexibility index (Phi) is 5.31. The lowest BCUT2D eigenvalue weighted by Gasteiger charge is -2.23. The first-order valence-corrected chi connectivity index (χ1v) is 6.07. The van der Waals surface area contributed by atoms with Gasteiger partial charge in [0.15, 0.2) is 0 Å². The first kappa shape index (κ1) is 11.8. The number of amides is 1. The van der Waals surface area contributed by atoms with Gasteiger partial charge in [-0.2, -0.15) is 0 Å². The van der Waals surface area contributed by atoms with Crippen LogP contribution in [0.15, 0.2) is 0 Å². The molecular formula is C11H20ClNO. The van der Waals surface area contributed by atoms with E-state index in [0.717, 1.165) is 6.42 Å². The maximum Gasteiger partial charge on any atom is 0.222 e. The molecule has 0 aromatic rings. The fourth-order valence-electron chi connectivity index (χ4n) is 2.05. The molecule has 0 aromatic heterocycles. The van der Waals surface area contributed by atoms with Crippen molar-refractivity contribution in [1.29, 1.82) is 0 Å². The number of carbonyl (C=O) groups excluding carboxylic acids is 1. The van der Waals surface area contributed by atoms with Gasteiger partial charge < -0.3 is 4.90 Å². The van der Waals surface area contributed by atoms with Crippen LogP contribution in [0.4, 0.5) is 0 Å². The summed E-state index contributed by atoms with van der Waals surface area (Å²) >= 11 is 5.59. The highest BCUT2D eigenvalue weighted by atomic mass is 35.5. The van der Waals surface area contributed by atoms with Crippen molar-refractivity contribution in [2.75, 3.05) is 19.5 Å². The molecule has 0 radical (unpaired) electrons. The van der Waals surface area contributed by atoms with Crippen molar-refractivity contribution in [2.45, 2.75) is 38.5 Å². The molecule has 1 rings (SSSR count). The minimum Gasteiger partial charge on any atom is -0.345 e. The van der Waals surface area contributed by atoms with Gasteiger partial charge >= 0.3 is 0 Å². The van der Waals surface area contributed by atoms with E-state index < -0.39 is 0 Å². The highest BCUT2D eigenvalue weighted by Gasteiger charge is 2.18. The third kappa shape index (κ3) is 3.87. The Morgan fingerprint density at radius 3 is 2.57 bits per heavy atom. The second kappa shape index (κ2) is 6.28. The molecule has 3 heteroatoms. The summed E-state index contributed by atoms with van der Waals surface area (Å²) in [5.41, 5.74) is 0. The average Bonchev–Trinajstić information content (AvgIpc) is 2.19. The standard InChI is InChI=1S/C11H20ClNO/c1-13(8-7-12)11(14)9-10-5-3-2-4-6-10/h10H,2-9H2,1H3. The van der Waals surface area contributed by atoms with E-state index >= 15 is 0 Å². The first-order valence-electron chi connectivity index (χ1n) is 5.54. The zero-order valence-corrected chi connectivity index (χ0v) is 9.72. The van der Waals surface area contributed by atoms with Gasteiger partial charge in [-0.15, -0.1) is 11.6 Å². The molecule has 1 amide bonds. The largest absolute Gasteiger partial charge is 0.345 e. The van der Waals surface area contributed by atoms with Crippen LogP contribution in [-0.2, 0) is 4.79 Å². The van der Waals surface area contributed by atoms with Gasteiger partial charge in [0, 0.05) is 25.9 Å². The normalized spacial score (nSPS) is 18.1. The van der Waals surface area contributed by atoms with Crippen LogP contribution >= 0.6 is 11.6 Å². The first-order chi connectivity index (χ1) is 6.74. The molecule has 2 nitrogen and oxygen atoms in total. The molecule has 1 saturated carbocycles. The third-order valence-electron chi connectivity index (χ3n) is 3.03. The molecule has 14 heavy (non-hydrogen) atoms. The molecular weight excluding hydrogens is 198 g/mol. The van der Waals surface area contributed by atoms with Crippen LogP contribution in [0.5, 0.6) is 0 Å². The number of halogens is 1. The summed E-state index contributed by atoms with van der Waals surface area (Å²) in [4.78, 5) is 13.4. The van der Waals surface area contributed by atoms with Gasteiger partial charge in [0.05, 0.1) is 0 Å². The molecule has 0 aliphatic heterocycles. The van der Waals surface area contributed by atoms with Gasteiger partial charge in [-0.1, -0.05) is 19.3 Å². The maximum atomic E-state index is 11.7. The van der Waals surface area contributed by atoms with Crippen molar-refractivity contribution in [3.63, 3.8) is 0 Å². The Labute approximate surface area is 91.6 Å². The number of alkyl halides is 1. The van der Waals surface area contributed by atoms with Crippen LogP contribution in [0, 0.1) is 5.92 Å². The summed E-state index contributed by atoms with van der Waals surface area (Å²) in [5.74, 6) is 1.43. The van der Waals surface area contributed by atoms with Crippen LogP contribution in [-0.4, -0.2) is 30.3 Å². The number of rotatable bonds is 4. The van der Waals surface area contributed by atoms with Gasteiger partial charge in [0.25, 0.3) is 0 Å². The predicted molar refractivity (Wildman–Crippen MR) is 59.5 cm³/mol. The van der Waals surface area contributed by atoms with Crippen molar-refractivity contribution < 1.29 is 4.79 Å². The average molecular weight is 218 g/mol.